The van der Waals surface area contributed by atoms with E-state index in [1.54, 1.807) is 0 Å². The average Bonchev–Trinajstić information content (AvgIpc) is 2.67. The van der Waals surface area contributed by atoms with Crippen LogP contribution in [0, 0.1) is 5.92 Å². The molecule has 1 aromatic rings. The van der Waals surface area contributed by atoms with Gasteiger partial charge in [0.2, 0.25) is 0 Å². The Morgan fingerprint density at radius 1 is 1.30 bits per heavy atom. The van der Waals surface area contributed by atoms with Gasteiger partial charge in [-0.25, -0.2) is 0 Å². The Bertz CT molecular complexity index is 785. The number of ether oxygens (including phenoxy) is 2. The van der Waals surface area contributed by atoms with Crippen molar-refractivity contribution in [2.45, 2.75) is 71.2 Å². The summed E-state index contributed by atoms with van der Waals surface area (Å²) in [7, 11) is 4.00. The minimum atomic E-state index is -0.265. The van der Waals surface area contributed by atoms with Crippen molar-refractivity contribution in [1.82, 2.24) is 10.2 Å². The van der Waals surface area contributed by atoms with E-state index in [1.165, 1.54) is 5.57 Å². The molecule has 0 bridgehead atoms. The zero-order chi connectivity index (χ0) is 21.9. The van der Waals surface area contributed by atoms with Gasteiger partial charge in [0.25, 0.3) is 5.91 Å². The molecule has 2 aliphatic heterocycles. The molecule has 1 aromatic carbocycles. The average molecular weight is 415 g/mol. The monoisotopic (exact) mass is 414 g/mol. The lowest BCUT2D eigenvalue weighted by molar-refractivity contribution is -0.152. The number of likely N-dealkylation sites (N-methyl/N-ethyl adjacent to an activating group) is 1. The van der Waals surface area contributed by atoms with E-state index in [-0.39, 0.29) is 23.7 Å². The van der Waals surface area contributed by atoms with Crippen molar-refractivity contribution in [1.29, 1.82) is 0 Å². The van der Waals surface area contributed by atoms with Crippen LogP contribution in [0.1, 0.15) is 75.4 Å². The lowest BCUT2D eigenvalue weighted by Crippen LogP contribution is -2.50. The van der Waals surface area contributed by atoms with E-state index in [0.29, 0.717) is 18.0 Å². The van der Waals surface area contributed by atoms with Gasteiger partial charge in [0.15, 0.2) is 0 Å². The van der Waals surface area contributed by atoms with Crippen molar-refractivity contribution in [3.05, 3.63) is 41.0 Å². The molecule has 1 saturated heterocycles. The minimum absolute atomic E-state index is 0.0243. The van der Waals surface area contributed by atoms with Crippen LogP contribution in [0.3, 0.4) is 0 Å². The van der Waals surface area contributed by atoms with Crippen LogP contribution in [-0.2, 0) is 4.74 Å². The van der Waals surface area contributed by atoms with Gasteiger partial charge in [0.05, 0.1) is 12.2 Å². The minimum Gasteiger partial charge on any atom is -0.487 e. The molecule has 0 spiro atoms. The van der Waals surface area contributed by atoms with Crippen LogP contribution in [0.5, 0.6) is 5.75 Å². The van der Waals surface area contributed by atoms with Crippen molar-refractivity contribution < 1.29 is 14.3 Å². The molecule has 30 heavy (non-hydrogen) atoms. The third-order valence-corrected chi connectivity index (χ3v) is 6.37. The SMILES string of the molecule is CC(C)=CCC[C@]1(C)Oc2ccc(C(=O)NCCN(C)C)cc2[C@@H]2O[C@H](C)CC[C@H]21. The topological polar surface area (TPSA) is 50.8 Å². The third-order valence-electron chi connectivity index (χ3n) is 6.37. The molecule has 5 heteroatoms. The number of carbonyl (C=O) groups excluding carboxylic acids is 1. The Morgan fingerprint density at radius 3 is 2.77 bits per heavy atom. The molecule has 1 fully saturated rings. The molecule has 1 N–H and O–H groups in total. The molecule has 0 aliphatic carbocycles. The van der Waals surface area contributed by atoms with Crippen LogP contribution in [0.4, 0.5) is 0 Å². The zero-order valence-corrected chi connectivity index (χ0v) is 19.5. The largest absolute Gasteiger partial charge is 0.487 e. The quantitative estimate of drug-likeness (QED) is 0.655. The number of hydrogen-bond donors (Lipinski definition) is 1. The smallest absolute Gasteiger partial charge is 0.251 e. The number of hydrogen-bond acceptors (Lipinski definition) is 4. The fraction of sp³-hybridized carbons (Fsp3) is 0.640. The van der Waals surface area contributed by atoms with E-state index >= 15 is 0 Å². The fourth-order valence-electron chi connectivity index (χ4n) is 4.61. The Hall–Kier alpha value is -1.85. The lowest BCUT2D eigenvalue weighted by Gasteiger charge is -2.50. The summed E-state index contributed by atoms with van der Waals surface area (Å²) in [6.07, 6.45) is 6.56. The van der Waals surface area contributed by atoms with Gasteiger partial charge in [-0.1, -0.05) is 11.6 Å². The van der Waals surface area contributed by atoms with E-state index in [2.05, 4.69) is 44.0 Å². The van der Waals surface area contributed by atoms with Crippen LogP contribution in [0.15, 0.2) is 29.8 Å². The number of allylic oxidation sites excluding steroid dienone is 2. The molecule has 2 heterocycles. The maximum absolute atomic E-state index is 12.7. The predicted molar refractivity (Wildman–Crippen MR) is 121 cm³/mol. The molecule has 2 aliphatic rings. The summed E-state index contributed by atoms with van der Waals surface area (Å²) in [5.41, 5.74) is 2.76. The molecular weight excluding hydrogens is 376 g/mol. The molecule has 1 amide bonds. The highest BCUT2D eigenvalue weighted by atomic mass is 16.5. The summed E-state index contributed by atoms with van der Waals surface area (Å²) in [4.78, 5) is 14.7. The maximum atomic E-state index is 12.7. The summed E-state index contributed by atoms with van der Waals surface area (Å²) in [5.74, 6) is 1.10. The first-order chi connectivity index (χ1) is 14.2. The molecule has 4 atom stereocenters. The van der Waals surface area contributed by atoms with Crippen LogP contribution in [-0.4, -0.2) is 49.7 Å². The van der Waals surface area contributed by atoms with Crippen molar-refractivity contribution in [3.8, 4) is 5.75 Å². The Labute approximate surface area is 181 Å². The van der Waals surface area contributed by atoms with Gasteiger partial charge in [-0.2, -0.15) is 0 Å². The van der Waals surface area contributed by atoms with Gasteiger partial charge in [-0.3, -0.25) is 4.79 Å². The number of fused-ring (bicyclic) bond motifs is 3. The number of nitrogens with one attached hydrogen (secondary N) is 1. The highest BCUT2D eigenvalue weighted by Gasteiger charge is 2.49. The molecular formula is C25H38N2O3. The van der Waals surface area contributed by atoms with Crippen LogP contribution in [0.2, 0.25) is 0 Å². The summed E-state index contributed by atoms with van der Waals surface area (Å²) in [6.45, 7) is 10.1. The van der Waals surface area contributed by atoms with E-state index in [1.807, 2.05) is 32.3 Å². The Kier molecular flexibility index (Phi) is 7.25. The highest BCUT2D eigenvalue weighted by molar-refractivity contribution is 5.94. The number of benzene rings is 1. The molecule has 0 radical (unpaired) electrons. The van der Waals surface area contributed by atoms with Crippen LogP contribution >= 0.6 is 0 Å². The van der Waals surface area contributed by atoms with Gasteiger partial charge in [0, 0.05) is 30.1 Å². The second-order valence-electron chi connectivity index (χ2n) is 9.60. The van der Waals surface area contributed by atoms with E-state index in [9.17, 15) is 4.79 Å². The first-order valence-electron chi connectivity index (χ1n) is 11.2. The lowest BCUT2D eigenvalue weighted by atomic mass is 9.72. The van der Waals surface area contributed by atoms with Crippen molar-refractivity contribution >= 4 is 5.91 Å². The van der Waals surface area contributed by atoms with Gasteiger partial charge in [0.1, 0.15) is 11.4 Å². The summed E-state index contributed by atoms with van der Waals surface area (Å²) in [6, 6.07) is 5.80. The summed E-state index contributed by atoms with van der Waals surface area (Å²) >= 11 is 0. The fourth-order valence-corrected chi connectivity index (χ4v) is 4.61. The Balaban J connectivity index is 1.84. The van der Waals surface area contributed by atoms with Crippen LogP contribution < -0.4 is 10.1 Å². The van der Waals surface area contributed by atoms with Crippen LogP contribution in [0.25, 0.3) is 0 Å². The molecule has 3 rings (SSSR count). The zero-order valence-electron chi connectivity index (χ0n) is 19.5. The van der Waals surface area contributed by atoms with Gasteiger partial charge < -0.3 is 19.7 Å². The Morgan fingerprint density at radius 2 is 2.07 bits per heavy atom. The summed E-state index contributed by atoms with van der Waals surface area (Å²) in [5, 5.41) is 3.00. The molecule has 0 unspecified atom stereocenters. The second kappa shape index (κ2) is 9.52. The van der Waals surface area contributed by atoms with Crippen molar-refractivity contribution in [3.63, 3.8) is 0 Å². The molecule has 166 valence electrons. The van der Waals surface area contributed by atoms with Crippen molar-refractivity contribution in [2.75, 3.05) is 27.2 Å². The highest BCUT2D eigenvalue weighted by Crippen LogP contribution is 2.52. The maximum Gasteiger partial charge on any atom is 0.251 e. The third kappa shape index (κ3) is 5.25. The van der Waals surface area contributed by atoms with E-state index in [4.69, 9.17) is 9.47 Å². The van der Waals surface area contributed by atoms with Crippen molar-refractivity contribution in [2.24, 2.45) is 5.92 Å². The van der Waals surface area contributed by atoms with Gasteiger partial charge in [-0.05, 0) is 85.7 Å². The standard InChI is InChI=1S/C25H38N2O3/c1-17(2)8-7-13-25(4)21-11-9-18(3)29-23(21)20-16-19(10-12-22(20)30-25)24(28)26-14-15-27(5)6/h8,10,12,16,18,21,23H,7,9,11,13-15H2,1-6H3,(H,26,28)/t18-,21-,23+,25+/m1/s1. The number of rotatable bonds is 7. The molecule has 0 saturated carbocycles. The summed E-state index contributed by atoms with van der Waals surface area (Å²) < 4.78 is 13.1. The second-order valence-corrected chi connectivity index (χ2v) is 9.60. The van der Waals surface area contributed by atoms with Gasteiger partial charge in [-0.15, -0.1) is 0 Å². The first-order valence-corrected chi connectivity index (χ1v) is 11.2. The number of nitrogens with zero attached hydrogens (tertiary/aromatic N) is 1. The van der Waals surface area contributed by atoms with Gasteiger partial charge >= 0.3 is 0 Å². The normalized spacial score (nSPS) is 27.6. The number of amides is 1. The van der Waals surface area contributed by atoms with E-state index in [0.717, 1.165) is 43.5 Å². The molecule has 5 nitrogen and oxygen atoms in total. The van der Waals surface area contributed by atoms with E-state index < -0.39 is 0 Å². The first kappa shape index (κ1) is 22.8. The number of carbonyl (C=O) groups is 1. The molecule has 0 aromatic heterocycles. The predicted octanol–water partition coefficient (Wildman–Crippen LogP) is 4.73.